The molecule has 0 spiro atoms. The normalized spacial score (nSPS) is 50.3. The third kappa shape index (κ3) is 2.81. The zero-order chi connectivity index (χ0) is 18.2. The molecule has 0 aromatic rings. The average Bonchev–Trinajstić information content (AvgIpc) is 2.83. The highest BCUT2D eigenvalue weighted by molar-refractivity contribution is 7.78. The molecule has 3 aliphatic carbocycles. The quantitative estimate of drug-likeness (QED) is 0.460. The summed E-state index contributed by atoms with van der Waals surface area (Å²) in [5, 5.41) is 1.58. The van der Waals surface area contributed by atoms with Gasteiger partial charge < -0.3 is 0 Å². The van der Waals surface area contributed by atoms with Crippen molar-refractivity contribution in [3.8, 4) is 0 Å². The van der Waals surface area contributed by atoms with Crippen molar-refractivity contribution in [1.29, 1.82) is 0 Å². The zero-order valence-electron chi connectivity index (χ0n) is 17.5. The van der Waals surface area contributed by atoms with E-state index in [4.69, 9.17) is 0 Å². The van der Waals surface area contributed by atoms with Gasteiger partial charge in [0, 0.05) is 0 Å². The van der Waals surface area contributed by atoms with Gasteiger partial charge in [-0.25, -0.2) is 0 Å². The van der Waals surface area contributed by atoms with E-state index in [1.54, 1.807) is 5.37 Å². The summed E-state index contributed by atoms with van der Waals surface area (Å²) in [5.74, 6) is 3.93. The first kappa shape index (κ1) is 20.4. The van der Waals surface area contributed by atoms with Gasteiger partial charge in [0.15, 0.2) is 0 Å². The molecule has 0 aromatic carbocycles. The molecule has 0 radical (unpaired) electrons. The predicted molar refractivity (Wildman–Crippen MR) is 112 cm³/mol. The van der Waals surface area contributed by atoms with Crippen molar-refractivity contribution in [2.75, 3.05) is 0 Å². The van der Waals surface area contributed by atoms with E-state index in [9.17, 15) is 0 Å². The molecule has 3 aliphatic rings. The Kier molecular flexibility index (Phi) is 6.27. The van der Waals surface area contributed by atoms with E-state index < -0.39 is 0 Å². The van der Waals surface area contributed by atoms with Gasteiger partial charge in [-0.1, -0.05) is 66.6 Å². The maximum atomic E-state index is 4.27. The molecule has 7 unspecified atom stereocenters. The Morgan fingerprint density at radius 3 is 2.04 bits per heavy atom. The highest BCUT2D eigenvalue weighted by Gasteiger charge is 2.63. The van der Waals surface area contributed by atoms with Crippen LogP contribution in [0.25, 0.3) is 0 Å². The number of rotatable bonds is 2. The molecule has 0 aromatic heterocycles. The van der Waals surface area contributed by atoms with Gasteiger partial charge in [0.1, 0.15) is 0 Å². The molecule has 1 heteroatoms. The van der Waals surface area contributed by atoms with Crippen LogP contribution in [0.15, 0.2) is 0 Å². The van der Waals surface area contributed by atoms with Crippen molar-refractivity contribution < 1.29 is 0 Å². The first-order valence-corrected chi connectivity index (χ1v) is 11.1. The molecule has 0 N–H and O–H groups in total. The number of fused-ring (bicyclic) bond motifs is 3. The van der Waals surface area contributed by atoms with Crippen LogP contribution in [0.1, 0.15) is 99.8 Å². The van der Waals surface area contributed by atoms with Gasteiger partial charge in [0.25, 0.3) is 0 Å². The van der Waals surface area contributed by atoms with E-state index in [0.717, 1.165) is 23.7 Å². The van der Waals surface area contributed by atoms with E-state index in [-0.39, 0.29) is 0 Å². The number of thiocarbonyl (C=S) groups is 1. The maximum absolute atomic E-state index is 4.27. The fourth-order valence-electron chi connectivity index (χ4n) is 7.44. The van der Waals surface area contributed by atoms with Crippen LogP contribution in [0.5, 0.6) is 0 Å². The zero-order valence-corrected chi connectivity index (χ0v) is 18.3. The molecular formula is C23H42S. The van der Waals surface area contributed by atoms with Gasteiger partial charge in [-0.3, -0.25) is 0 Å². The molecule has 0 saturated heterocycles. The Hall–Kier alpha value is 0.0900. The average molecular weight is 351 g/mol. The lowest BCUT2D eigenvalue weighted by atomic mass is 9.42. The van der Waals surface area contributed by atoms with Crippen molar-refractivity contribution in [2.45, 2.75) is 99.8 Å². The largest absolute Gasteiger partial charge is 0.0938 e. The topological polar surface area (TPSA) is 0 Å². The van der Waals surface area contributed by atoms with Crippen molar-refractivity contribution in [3.05, 3.63) is 0 Å². The first-order valence-electron chi connectivity index (χ1n) is 10.6. The summed E-state index contributed by atoms with van der Waals surface area (Å²) in [6.45, 7) is 17.3. The van der Waals surface area contributed by atoms with Crippen LogP contribution >= 0.6 is 12.2 Å². The Morgan fingerprint density at radius 2 is 1.50 bits per heavy atom. The van der Waals surface area contributed by atoms with E-state index in [1.807, 2.05) is 6.92 Å². The van der Waals surface area contributed by atoms with Crippen molar-refractivity contribution in [2.24, 2.45) is 39.9 Å². The predicted octanol–water partition coefficient (Wildman–Crippen LogP) is 7.70. The van der Waals surface area contributed by atoms with Crippen LogP contribution in [0.3, 0.4) is 0 Å². The minimum atomic E-state index is 0.609. The van der Waals surface area contributed by atoms with Crippen LogP contribution < -0.4 is 0 Å². The van der Waals surface area contributed by atoms with Crippen LogP contribution in [0.4, 0.5) is 0 Å². The van der Waals surface area contributed by atoms with E-state index >= 15 is 0 Å². The second-order valence-corrected chi connectivity index (χ2v) is 10.3. The molecule has 3 rings (SSSR count). The van der Waals surface area contributed by atoms with Gasteiger partial charge >= 0.3 is 0 Å². The van der Waals surface area contributed by atoms with E-state index in [0.29, 0.717) is 16.2 Å². The molecule has 3 saturated carbocycles. The number of hydrogen-bond donors (Lipinski definition) is 0. The fourth-order valence-corrected chi connectivity index (χ4v) is 7.44. The lowest BCUT2D eigenvalue weighted by Gasteiger charge is -2.63. The smallest absolute Gasteiger partial charge is 0.0238 e. The molecule has 140 valence electrons. The summed E-state index contributed by atoms with van der Waals surface area (Å²) >= 11 is 4.27. The fraction of sp³-hybridized carbons (Fsp3) is 0.957. The van der Waals surface area contributed by atoms with Gasteiger partial charge in [-0.2, -0.15) is 0 Å². The summed E-state index contributed by atoms with van der Waals surface area (Å²) in [5.41, 5.74) is 1.88. The summed E-state index contributed by atoms with van der Waals surface area (Å²) in [4.78, 5) is 0. The SMILES string of the molecule is CC=S.CCC1CCC2(C)C3CCC(C)C(C)(CC)C3CCC12C. The highest BCUT2D eigenvalue weighted by Crippen LogP contribution is 2.72. The Bertz CT molecular complexity index is 443. The lowest BCUT2D eigenvalue weighted by Crippen LogP contribution is -2.55. The molecule has 7 atom stereocenters. The van der Waals surface area contributed by atoms with Crippen molar-refractivity contribution in [3.63, 3.8) is 0 Å². The van der Waals surface area contributed by atoms with E-state index in [1.165, 1.54) is 51.4 Å². The Morgan fingerprint density at radius 1 is 0.917 bits per heavy atom. The molecular weight excluding hydrogens is 308 g/mol. The second kappa shape index (κ2) is 7.37. The van der Waals surface area contributed by atoms with Gasteiger partial charge in [-0.15, -0.1) is 0 Å². The van der Waals surface area contributed by atoms with Crippen LogP contribution in [0, 0.1) is 39.9 Å². The molecule has 0 heterocycles. The first-order chi connectivity index (χ1) is 11.2. The molecule has 0 aliphatic heterocycles. The van der Waals surface area contributed by atoms with Crippen LogP contribution in [-0.4, -0.2) is 5.37 Å². The van der Waals surface area contributed by atoms with Crippen LogP contribution in [-0.2, 0) is 0 Å². The monoisotopic (exact) mass is 350 g/mol. The standard InChI is InChI=1S/C21H38.C2H4S/c1-7-16-11-13-21(6)18-10-9-15(3)19(4,8-2)17(18)12-14-20(16,21)5;1-2-3/h15-18H,7-14H2,1-6H3;2H,1H3. The molecule has 0 nitrogen and oxygen atoms in total. The highest BCUT2D eigenvalue weighted by atomic mass is 32.1. The summed E-state index contributed by atoms with van der Waals surface area (Å²) < 4.78 is 0. The molecule has 24 heavy (non-hydrogen) atoms. The van der Waals surface area contributed by atoms with Crippen molar-refractivity contribution >= 4 is 17.6 Å². The van der Waals surface area contributed by atoms with Crippen LogP contribution in [0.2, 0.25) is 0 Å². The third-order valence-electron chi connectivity index (χ3n) is 9.63. The maximum Gasteiger partial charge on any atom is -0.0238 e. The Labute approximate surface area is 157 Å². The molecule has 0 amide bonds. The second-order valence-electron chi connectivity index (χ2n) is 9.80. The minimum Gasteiger partial charge on any atom is -0.0938 e. The molecule has 0 bridgehead atoms. The third-order valence-corrected chi connectivity index (χ3v) is 9.63. The van der Waals surface area contributed by atoms with Crippen molar-refractivity contribution in [1.82, 2.24) is 0 Å². The summed E-state index contributed by atoms with van der Waals surface area (Å²) in [7, 11) is 0. The minimum absolute atomic E-state index is 0.609. The van der Waals surface area contributed by atoms with Gasteiger partial charge in [-0.05, 0) is 90.7 Å². The lowest BCUT2D eigenvalue weighted by molar-refractivity contribution is -0.141. The van der Waals surface area contributed by atoms with Gasteiger partial charge in [0.2, 0.25) is 0 Å². The number of hydrogen-bond acceptors (Lipinski definition) is 1. The van der Waals surface area contributed by atoms with Gasteiger partial charge in [0.05, 0.1) is 0 Å². The van der Waals surface area contributed by atoms with E-state index in [2.05, 4.69) is 53.8 Å². The molecule has 3 fully saturated rings. The summed E-state index contributed by atoms with van der Waals surface area (Å²) in [6.07, 6.45) is 11.8. The summed E-state index contributed by atoms with van der Waals surface area (Å²) in [6, 6.07) is 0. The Balaban J connectivity index is 0.000000647.